The van der Waals surface area contributed by atoms with Crippen LogP contribution in [0.3, 0.4) is 0 Å². The van der Waals surface area contributed by atoms with E-state index < -0.39 is 0 Å². The minimum atomic E-state index is -0.0387. The molecule has 0 saturated heterocycles. The lowest BCUT2D eigenvalue weighted by Crippen LogP contribution is -2.17. The van der Waals surface area contributed by atoms with Crippen molar-refractivity contribution in [1.29, 1.82) is 0 Å². The standard InChI is InChI=1S/C22H25N5O/c1-16-7-6-8-18(13-16)15-25-22-24-14-17(2)21(27-22)23-12-11-20(28)26-19-9-4-3-5-10-19/h3-10,13-14H,11-12,15H2,1-2H3,(H,26,28)(H2,23,24,25,27). The van der Waals surface area contributed by atoms with Crippen LogP contribution in [0.25, 0.3) is 0 Å². The predicted molar refractivity (Wildman–Crippen MR) is 113 cm³/mol. The van der Waals surface area contributed by atoms with Crippen molar-refractivity contribution in [3.05, 3.63) is 77.5 Å². The molecule has 0 unspecified atom stereocenters. The molecule has 3 N–H and O–H groups in total. The molecule has 0 atom stereocenters. The number of nitrogens with zero attached hydrogens (tertiary/aromatic N) is 2. The van der Waals surface area contributed by atoms with Gasteiger partial charge < -0.3 is 16.0 Å². The van der Waals surface area contributed by atoms with Crippen LogP contribution in [-0.4, -0.2) is 22.4 Å². The molecule has 1 heterocycles. The number of benzene rings is 2. The Bertz CT molecular complexity index is 927. The molecule has 0 aliphatic carbocycles. The van der Waals surface area contributed by atoms with Gasteiger partial charge in [0.2, 0.25) is 11.9 Å². The summed E-state index contributed by atoms with van der Waals surface area (Å²) in [5.74, 6) is 1.25. The molecule has 0 spiro atoms. The second-order valence-electron chi connectivity index (χ2n) is 6.66. The number of aromatic nitrogens is 2. The molecule has 1 amide bonds. The first-order valence-electron chi connectivity index (χ1n) is 9.32. The number of rotatable bonds is 8. The Morgan fingerprint density at radius 2 is 1.82 bits per heavy atom. The highest BCUT2D eigenvalue weighted by molar-refractivity contribution is 5.90. The fourth-order valence-corrected chi connectivity index (χ4v) is 2.75. The van der Waals surface area contributed by atoms with Gasteiger partial charge in [-0.3, -0.25) is 4.79 Å². The second kappa shape index (κ2) is 9.50. The molecule has 28 heavy (non-hydrogen) atoms. The van der Waals surface area contributed by atoms with Gasteiger partial charge in [0.05, 0.1) is 0 Å². The largest absolute Gasteiger partial charge is 0.369 e. The normalized spacial score (nSPS) is 10.4. The third kappa shape index (κ3) is 5.81. The molecular formula is C22H25N5O. The van der Waals surface area contributed by atoms with E-state index in [0.29, 0.717) is 25.5 Å². The maximum atomic E-state index is 12.0. The third-order valence-corrected chi connectivity index (χ3v) is 4.21. The number of para-hydroxylation sites is 1. The average molecular weight is 375 g/mol. The summed E-state index contributed by atoms with van der Waals surface area (Å²) in [6.45, 7) is 5.16. The van der Waals surface area contributed by atoms with Gasteiger partial charge in [-0.2, -0.15) is 4.98 Å². The van der Waals surface area contributed by atoms with E-state index in [1.54, 1.807) is 6.20 Å². The van der Waals surface area contributed by atoms with Crippen LogP contribution in [0.15, 0.2) is 60.8 Å². The van der Waals surface area contributed by atoms with E-state index in [1.165, 1.54) is 11.1 Å². The zero-order valence-corrected chi connectivity index (χ0v) is 16.2. The van der Waals surface area contributed by atoms with Crippen molar-refractivity contribution in [1.82, 2.24) is 9.97 Å². The highest BCUT2D eigenvalue weighted by Gasteiger charge is 2.06. The number of anilines is 3. The molecule has 0 aliphatic heterocycles. The lowest BCUT2D eigenvalue weighted by atomic mass is 10.1. The fourth-order valence-electron chi connectivity index (χ4n) is 2.75. The summed E-state index contributed by atoms with van der Waals surface area (Å²) in [6.07, 6.45) is 2.13. The minimum absolute atomic E-state index is 0.0387. The summed E-state index contributed by atoms with van der Waals surface area (Å²) < 4.78 is 0. The number of amides is 1. The molecule has 0 bridgehead atoms. The molecule has 6 heteroatoms. The van der Waals surface area contributed by atoms with Gasteiger partial charge >= 0.3 is 0 Å². The van der Waals surface area contributed by atoms with E-state index in [4.69, 9.17) is 0 Å². The van der Waals surface area contributed by atoms with Crippen molar-refractivity contribution < 1.29 is 4.79 Å². The number of nitrogens with one attached hydrogen (secondary N) is 3. The molecule has 1 aromatic heterocycles. The van der Waals surface area contributed by atoms with Crippen molar-refractivity contribution >= 4 is 23.4 Å². The van der Waals surface area contributed by atoms with Crippen molar-refractivity contribution in [3.63, 3.8) is 0 Å². The topological polar surface area (TPSA) is 78.9 Å². The first-order valence-corrected chi connectivity index (χ1v) is 9.32. The van der Waals surface area contributed by atoms with Gasteiger partial charge in [0.25, 0.3) is 0 Å². The summed E-state index contributed by atoms with van der Waals surface area (Å²) >= 11 is 0. The van der Waals surface area contributed by atoms with Crippen LogP contribution >= 0.6 is 0 Å². The Balaban J connectivity index is 1.51. The zero-order valence-electron chi connectivity index (χ0n) is 16.2. The molecular weight excluding hydrogens is 350 g/mol. The molecule has 6 nitrogen and oxygen atoms in total. The van der Waals surface area contributed by atoms with Crippen molar-refractivity contribution in [2.24, 2.45) is 0 Å². The van der Waals surface area contributed by atoms with E-state index in [9.17, 15) is 4.79 Å². The quantitative estimate of drug-likeness (QED) is 0.551. The Hall–Kier alpha value is -3.41. The molecule has 3 aromatic rings. The monoisotopic (exact) mass is 375 g/mol. The Morgan fingerprint density at radius 1 is 1.00 bits per heavy atom. The molecule has 0 saturated carbocycles. The van der Waals surface area contributed by atoms with Crippen molar-refractivity contribution in [2.75, 3.05) is 22.5 Å². The van der Waals surface area contributed by atoms with Gasteiger partial charge in [-0.1, -0.05) is 48.0 Å². The molecule has 0 aliphatic rings. The number of hydrogen-bond acceptors (Lipinski definition) is 5. The van der Waals surface area contributed by atoms with Crippen LogP contribution in [-0.2, 0) is 11.3 Å². The van der Waals surface area contributed by atoms with Crippen molar-refractivity contribution in [3.8, 4) is 0 Å². The van der Waals surface area contributed by atoms with Crippen LogP contribution in [0.5, 0.6) is 0 Å². The number of aryl methyl sites for hydroxylation is 2. The van der Waals surface area contributed by atoms with Crippen LogP contribution in [0.1, 0.15) is 23.1 Å². The zero-order chi connectivity index (χ0) is 19.8. The fraction of sp³-hybridized carbons (Fsp3) is 0.227. The third-order valence-electron chi connectivity index (χ3n) is 4.21. The minimum Gasteiger partial charge on any atom is -0.369 e. The maximum Gasteiger partial charge on any atom is 0.226 e. The molecule has 3 rings (SSSR count). The molecule has 2 aromatic carbocycles. The van der Waals surface area contributed by atoms with Gasteiger partial charge in [-0.25, -0.2) is 4.98 Å². The lowest BCUT2D eigenvalue weighted by Gasteiger charge is -2.11. The maximum absolute atomic E-state index is 12.0. The van der Waals surface area contributed by atoms with E-state index >= 15 is 0 Å². The first-order chi connectivity index (χ1) is 13.6. The first kappa shape index (κ1) is 19.4. The molecule has 0 radical (unpaired) electrons. The number of hydrogen-bond donors (Lipinski definition) is 3. The summed E-state index contributed by atoms with van der Waals surface area (Å²) in [5.41, 5.74) is 4.13. The smallest absolute Gasteiger partial charge is 0.226 e. The average Bonchev–Trinajstić information content (AvgIpc) is 2.69. The van der Waals surface area contributed by atoms with Crippen molar-refractivity contribution in [2.45, 2.75) is 26.8 Å². The van der Waals surface area contributed by atoms with Crippen LogP contribution in [0, 0.1) is 13.8 Å². The second-order valence-corrected chi connectivity index (χ2v) is 6.66. The summed E-state index contributed by atoms with van der Waals surface area (Å²) in [6, 6.07) is 17.7. The Kier molecular flexibility index (Phi) is 6.57. The highest BCUT2D eigenvalue weighted by Crippen LogP contribution is 2.14. The van der Waals surface area contributed by atoms with E-state index in [1.807, 2.05) is 43.3 Å². The van der Waals surface area contributed by atoms with E-state index in [0.717, 1.165) is 17.1 Å². The SMILES string of the molecule is Cc1cccc(CNc2ncc(C)c(NCCC(=O)Nc3ccccc3)n2)c1. The molecule has 144 valence electrons. The van der Waals surface area contributed by atoms with Gasteiger partial charge in [0, 0.05) is 37.0 Å². The van der Waals surface area contributed by atoms with E-state index in [-0.39, 0.29) is 5.91 Å². The molecule has 0 fully saturated rings. The van der Waals surface area contributed by atoms with Crippen LogP contribution in [0.2, 0.25) is 0 Å². The lowest BCUT2D eigenvalue weighted by molar-refractivity contribution is -0.115. The predicted octanol–water partition coefficient (Wildman–Crippen LogP) is 4.15. The van der Waals surface area contributed by atoms with Crippen LogP contribution < -0.4 is 16.0 Å². The number of carbonyl (C=O) groups is 1. The van der Waals surface area contributed by atoms with Gasteiger partial charge in [0.15, 0.2) is 0 Å². The Labute approximate surface area is 165 Å². The van der Waals surface area contributed by atoms with Gasteiger partial charge in [-0.15, -0.1) is 0 Å². The van der Waals surface area contributed by atoms with E-state index in [2.05, 4.69) is 51.0 Å². The van der Waals surface area contributed by atoms with Gasteiger partial charge in [0.1, 0.15) is 5.82 Å². The van der Waals surface area contributed by atoms with Crippen LogP contribution in [0.4, 0.5) is 17.5 Å². The number of carbonyl (C=O) groups excluding carboxylic acids is 1. The summed E-state index contributed by atoms with van der Waals surface area (Å²) in [4.78, 5) is 20.9. The Morgan fingerprint density at radius 3 is 2.61 bits per heavy atom. The summed E-state index contributed by atoms with van der Waals surface area (Å²) in [7, 11) is 0. The highest BCUT2D eigenvalue weighted by atomic mass is 16.1. The summed E-state index contributed by atoms with van der Waals surface area (Å²) in [5, 5.41) is 9.34. The van der Waals surface area contributed by atoms with Gasteiger partial charge in [-0.05, 0) is 31.5 Å².